The van der Waals surface area contributed by atoms with Gasteiger partial charge in [0.25, 0.3) is 0 Å². The molecule has 0 fully saturated rings. The van der Waals surface area contributed by atoms with Crippen molar-refractivity contribution in [3.05, 3.63) is 108 Å². The zero-order chi connectivity index (χ0) is 19.1. The lowest BCUT2D eigenvalue weighted by molar-refractivity contribution is 1.34. The van der Waals surface area contributed by atoms with Gasteiger partial charge in [0.05, 0.1) is 0 Å². The summed E-state index contributed by atoms with van der Waals surface area (Å²) in [5.74, 6) is 0. The van der Waals surface area contributed by atoms with Gasteiger partial charge in [0.2, 0.25) is 0 Å². The monoisotopic (exact) mass is 358 g/mol. The van der Waals surface area contributed by atoms with Crippen LogP contribution in [-0.2, 0) is 0 Å². The summed E-state index contributed by atoms with van der Waals surface area (Å²) in [7, 11) is 0. The van der Waals surface area contributed by atoms with E-state index in [1.807, 2.05) is 0 Å². The SMILES string of the molecule is Cc1cc(-c2cccc3ccccc23)c(-c2cccc3ccccc23)cc1C. The van der Waals surface area contributed by atoms with E-state index in [4.69, 9.17) is 0 Å². The molecule has 0 N–H and O–H groups in total. The Labute approximate surface area is 166 Å². The van der Waals surface area contributed by atoms with Gasteiger partial charge < -0.3 is 0 Å². The second-order valence-corrected chi connectivity index (χ2v) is 7.54. The van der Waals surface area contributed by atoms with Gasteiger partial charge in [-0.3, -0.25) is 0 Å². The van der Waals surface area contributed by atoms with Crippen molar-refractivity contribution >= 4 is 21.5 Å². The number of fused-ring (bicyclic) bond motifs is 2. The van der Waals surface area contributed by atoms with E-state index in [0.29, 0.717) is 0 Å². The molecule has 0 radical (unpaired) electrons. The van der Waals surface area contributed by atoms with E-state index in [9.17, 15) is 0 Å². The molecule has 0 aliphatic heterocycles. The highest BCUT2D eigenvalue weighted by molar-refractivity contribution is 6.05. The highest BCUT2D eigenvalue weighted by Gasteiger charge is 2.14. The van der Waals surface area contributed by atoms with Crippen molar-refractivity contribution in [2.24, 2.45) is 0 Å². The number of hydrogen-bond donors (Lipinski definition) is 0. The standard InChI is InChI=1S/C28H22/c1-19-17-27(25-15-7-11-21-9-3-5-13-23(21)25)28(18-20(19)2)26-16-8-12-22-10-4-6-14-24(22)26/h3-18H,1-2H3. The van der Waals surface area contributed by atoms with Gasteiger partial charge in [-0.25, -0.2) is 0 Å². The van der Waals surface area contributed by atoms with Crippen molar-refractivity contribution in [1.29, 1.82) is 0 Å². The van der Waals surface area contributed by atoms with Gasteiger partial charge in [-0.05, 0) is 68.8 Å². The first-order valence-corrected chi connectivity index (χ1v) is 9.80. The number of benzene rings is 5. The van der Waals surface area contributed by atoms with Gasteiger partial charge >= 0.3 is 0 Å². The average Bonchev–Trinajstić information content (AvgIpc) is 2.74. The van der Waals surface area contributed by atoms with Crippen LogP contribution in [-0.4, -0.2) is 0 Å². The molecule has 0 unspecified atom stereocenters. The van der Waals surface area contributed by atoms with Crippen molar-refractivity contribution in [3.8, 4) is 22.3 Å². The van der Waals surface area contributed by atoms with Crippen LogP contribution >= 0.6 is 0 Å². The fourth-order valence-corrected chi connectivity index (χ4v) is 4.18. The maximum Gasteiger partial charge on any atom is -0.00961 e. The largest absolute Gasteiger partial charge is 0.0616 e. The number of hydrogen-bond acceptors (Lipinski definition) is 0. The van der Waals surface area contributed by atoms with Crippen LogP contribution in [0.4, 0.5) is 0 Å². The highest BCUT2D eigenvalue weighted by atomic mass is 14.2. The maximum absolute atomic E-state index is 2.36. The first kappa shape index (κ1) is 16.8. The Bertz CT molecular complexity index is 1210. The number of aryl methyl sites for hydroxylation is 2. The lowest BCUT2D eigenvalue weighted by Gasteiger charge is -2.17. The van der Waals surface area contributed by atoms with Gasteiger partial charge in [-0.1, -0.05) is 97.1 Å². The molecule has 0 heterocycles. The smallest absolute Gasteiger partial charge is 0.00961 e. The Morgan fingerprint density at radius 3 is 1.25 bits per heavy atom. The zero-order valence-electron chi connectivity index (χ0n) is 16.2. The van der Waals surface area contributed by atoms with Gasteiger partial charge in [-0.15, -0.1) is 0 Å². The van der Waals surface area contributed by atoms with E-state index in [-0.39, 0.29) is 0 Å². The summed E-state index contributed by atoms with van der Waals surface area (Å²) in [5.41, 5.74) is 7.85. The van der Waals surface area contributed by atoms with Crippen molar-refractivity contribution in [2.75, 3.05) is 0 Å². The predicted octanol–water partition coefficient (Wildman–Crippen LogP) is 7.94. The molecule has 0 saturated carbocycles. The van der Waals surface area contributed by atoms with E-state index >= 15 is 0 Å². The fraction of sp³-hybridized carbons (Fsp3) is 0.0714. The lowest BCUT2D eigenvalue weighted by atomic mass is 9.87. The normalized spacial score (nSPS) is 11.2. The van der Waals surface area contributed by atoms with Crippen molar-refractivity contribution in [1.82, 2.24) is 0 Å². The van der Waals surface area contributed by atoms with Crippen LogP contribution in [0.3, 0.4) is 0 Å². The summed E-state index contributed by atoms with van der Waals surface area (Å²) >= 11 is 0. The van der Waals surface area contributed by atoms with E-state index in [1.165, 1.54) is 54.9 Å². The first-order valence-electron chi connectivity index (χ1n) is 9.80. The maximum atomic E-state index is 2.36. The Morgan fingerprint density at radius 1 is 0.393 bits per heavy atom. The minimum atomic E-state index is 1.28. The molecular weight excluding hydrogens is 336 g/mol. The minimum Gasteiger partial charge on any atom is -0.0616 e. The molecule has 0 heteroatoms. The van der Waals surface area contributed by atoms with Crippen LogP contribution in [0, 0.1) is 13.8 Å². The van der Waals surface area contributed by atoms with Crippen LogP contribution in [0.25, 0.3) is 43.8 Å². The molecule has 0 amide bonds. The average molecular weight is 358 g/mol. The Balaban J connectivity index is 1.88. The second-order valence-electron chi connectivity index (χ2n) is 7.54. The van der Waals surface area contributed by atoms with E-state index in [1.54, 1.807) is 0 Å². The van der Waals surface area contributed by atoms with Gasteiger partial charge in [-0.2, -0.15) is 0 Å². The Morgan fingerprint density at radius 2 is 0.786 bits per heavy atom. The van der Waals surface area contributed by atoms with Crippen LogP contribution in [0.5, 0.6) is 0 Å². The summed E-state index contributed by atoms with van der Waals surface area (Å²) < 4.78 is 0. The molecular formula is C28H22. The summed E-state index contributed by atoms with van der Waals surface area (Å²) in [4.78, 5) is 0. The third kappa shape index (κ3) is 2.70. The molecule has 5 rings (SSSR count). The molecule has 0 bridgehead atoms. The first-order chi connectivity index (χ1) is 13.7. The summed E-state index contributed by atoms with van der Waals surface area (Å²) in [5, 5.41) is 5.16. The zero-order valence-corrected chi connectivity index (χ0v) is 16.2. The molecule has 0 spiro atoms. The molecule has 0 atom stereocenters. The molecule has 0 aromatic heterocycles. The Hall–Kier alpha value is -3.38. The molecule has 0 aliphatic rings. The van der Waals surface area contributed by atoms with Gasteiger partial charge in [0.15, 0.2) is 0 Å². The van der Waals surface area contributed by atoms with Crippen LogP contribution in [0.1, 0.15) is 11.1 Å². The van der Waals surface area contributed by atoms with E-state index < -0.39 is 0 Å². The summed E-state index contributed by atoms with van der Waals surface area (Å²) in [6, 6.07) is 35.2. The summed E-state index contributed by atoms with van der Waals surface area (Å²) in [6.45, 7) is 4.41. The van der Waals surface area contributed by atoms with Crippen LogP contribution in [0.15, 0.2) is 97.1 Å². The van der Waals surface area contributed by atoms with Crippen molar-refractivity contribution in [2.45, 2.75) is 13.8 Å². The number of rotatable bonds is 2. The third-order valence-corrected chi connectivity index (χ3v) is 5.79. The van der Waals surface area contributed by atoms with Gasteiger partial charge in [0.1, 0.15) is 0 Å². The molecule has 0 saturated heterocycles. The molecule has 5 aromatic rings. The third-order valence-electron chi connectivity index (χ3n) is 5.79. The molecule has 0 aliphatic carbocycles. The predicted molar refractivity (Wildman–Crippen MR) is 122 cm³/mol. The minimum absolute atomic E-state index is 1.28. The lowest BCUT2D eigenvalue weighted by Crippen LogP contribution is -1.92. The quantitative estimate of drug-likeness (QED) is 0.300. The fourth-order valence-electron chi connectivity index (χ4n) is 4.18. The molecule has 134 valence electrons. The summed E-state index contributed by atoms with van der Waals surface area (Å²) in [6.07, 6.45) is 0. The molecule has 28 heavy (non-hydrogen) atoms. The van der Waals surface area contributed by atoms with Crippen molar-refractivity contribution in [3.63, 3.8) is 0 Å². The van der Waals surface area contributed by atoms with Crippen LogP contribution < -0.4 is 0 Å². The highest BCUT2D eigenvalue weighted by Crippen LogP contribution is 2.40. The van der Waals surface area contributed by atoms with Gasteiger partial charge in [0, 0.05) is 0 Å². The topological polar surface area (TPSA) is 0 Å². The van der Waals surface area contributed by atoms with Crippen LogP contribution in [0.2, 0.25) is 0 Å². The van der Waals surface area contributed by atoms with E-state index in [0.717, 1.165) is 0 Å². The van der Waals surface area contributed by atoms with E-state index in [2.05, 4.69) is 111 Å². The second kappa shape index (κ2) is 6.65. The van der Waals surface area contributed by atoms with Crippen molar-refractivity contribution < 1.29 is 0 Å². The molecule has 0 nitrogen and oxygen atoms in total. The Kier molecular flexibility index (Phi) is 3.98. The molecule has 5 aromatic carbocycles.